The van der Waals surface area contributed by atoms with Gasteiger partial charge in [-0.3, -0.25) is 4.57 Å². The number of hydrogen-bond donors (Lipinski definition) is 0. The Bertz CT molecular complexity index is 789. The first kappa shape index (κ1) is 16.9. The molecule has 1 aliphatic rings. The lowest BCUT2D eigenvalue weighted by molar-refractivity contribution is 0.297. The molecule has 2 heterocycles. The molecule has 0 aliphatic carbocycles. The topological polar surface area (TPSA) is 58.3 Å². The van der Waals surface area contributed by atoms with E-state index in [9.17, 15) is 4.79 Å². The van der Waals surface area contributed by atoms with Crippen molar-refractivity contribution < 1.29 is 9.47 Å². The third kappa shape index (κ3) is 3.43. The van der Waals surface area contributed by atoms with Gasteiger partial charge in [0.05, 0.1) is 23.8 Å². The zero-order valence-corrected chi connectivity index (χ0v) is 15.0. The number of rotatable bonds is 3. The van der Waals surface area contributed by atoms with Crippen LogP contribution in [0, 0.1) is 0 Å². The monoisotopic (exact) mass is 351 g/mol. The van der Waals surface area contributed by atoms with Crippen LogP contribution in [0.2, 0.25) is 5.02 Å². The standard InChI is InChI=1S/C17H22ClN3O3/c1-17(2,3)21-16(22)20(11-19-21)6-5-12-9-13(18)15-14(10-12)23-7-4-8-24-15/h9-11H,4-8H2,1-3H3. The molecule has 1 aromatic heterocycles. The van der Waals surface area contributed by atoms with Crippen molar-refractivity contribution >= 4 is 11.6 Å². The summed E-state index contributed by atoms with van der Waals surface area (Å²) in [4.78, 5) is 12.4. The quantitative estimate of drug-likeness (QED) is 0.853. The second-order valence-corrected chi connectivity index (χ2v) is 7.30. The van der Waals surface area contributed by atoms with Crippen molar-refractivity contribution in [2.75, 3.05) is 13.2 Å². The molecule has 0 radical (unpaired) electrons. The summed E-state index contributed by atoms with van der Waals surface area (Å²) < 4.78 is 14.4. The van der Waals surface area contributed by atoms with E-state index in [0.717, 1.165) is 12.0 Å². The number of hydrogen-bond acceptors (Lipinski definition) is 4. The SMILES string of the molecule is CC(C)(C)n1ncn(CCc2cc(Cl)c3c(c2)OCCCO3)c1=O. The van der Waals surface area contributed by atoms with Crippen LogP contribution in [0.5, 0.6) is 11.5 Å². The van der Waals surface area contributed by atoms with Gasteiger partial charge in [-0.25, -0.2) is 9.48 Å². The van der Waals surface area contributed by atoms with Gasteiger partial charge in [0, 0.05) is 13.0 Å². The maximum atomic E-state index is 12.4. The molecule has 3 rings (SSSR count). The number of halogens is 1. The minimum Gasteiger partial charge on any atom is -0.489 e. The molecule has 1 aromatic carbocycles. The summed E-state index contributed by atoms with van der Waals surface area (Å²) >= 11 is 6.31. The van der Waals surface area contributed by atoms with Crippen molar-refractivity contribution in [1.82, 2.24) is 14.3 Å². The Balaban J connectivity index is 1.78. The minimum absolute atomic E-state index is 0.108. The van der Waals surface area contributed by atoms with Gasteiger partial charge in [-0.15, -0.1) is 0 Å². The van der Waals surface area contributed by atoms with E-state index in [4.69, 9.17) is 21.1 Å². The second-order valence-electron chi connectivity index (χ2n) is 6.89. The summed E-state index contributed by atoms with van der Waals surface area (Å²) in [6.45, 7) is 7.61. The molecular formula is C17H22ClN3O3. The molecule has 2 aromatic rings. The Morgan fingerprint density at radius 1 is 1.25 bits per heavy atom. The zero-order valence-electron chi connectivity index (χ0n) is 14.2. The zero-order chi connectivity index (χ0) is 17.3. The Hall–Kier alpha value is -1.95. The fraction of sp³-hybridized carbons (Fsp3) is 0.529. The van der Waals surface area contributed by atoms with Crippen molar-refractivity contribution in [1.29, 1.82) is 0 Å². The molecule has 24 heavy (non-hydrogen) atoms. The van der Waals surface area contributed by atoms with Crippen LogP contribution in [0.3, 0.4) is 0 Å². The Morgan fingerprint density at radius 3 is 2.71 bits per heavy atom. The Morgan fingerprint density at radius 2 is 2.00 bits per heavy atom. The number of aromatic nitrogens is 3. The van der Waals surface area contributed by atoms with Crippen molar-refractivity contribution in [2.24, 2.45) is 0 Å². The average Bonchev–Trinajstić information content (AvgIpc) is 2.72. The highest BCUT2D eigenvalue weighted by molar-refractivity contribution is 6.32. The molecule has 130 valence electrons. The van der Waals surface area contributed by atoms with E-state index in [1.165, 1.54) is 4.68 Å². The van der Waals surface area contributed by atoms with Gasteiger partial charge in [0.2, 0.25) is 0 Å². The Labute approximate surface area is 145 Å². The lowest BCUT2D eigenvalue weighted by Crippen LogP contribution is -2.36. The summed E-state index contributed by atoms with van der Waals surface area (Å²) in [5.41, 5.74) is 0.559. The molecule has 0 saturated carbocycles. The molecule has 0 unspecified atom stereocenters. The van der Waals surface area contributed by atoms with Gasteiger partial charge < -0.3 is 9.47 Å². The molecule has 0 amide bonds. The van der Waals surface area contributed by atoms with Crippen molar-refractivity contribution in [3.8, 4) is 11.5 Å². The van der Waals surface area contributed by atoms with Crippen LogP contribution in [-0.4, -0.2) is 27.6 Å². The summed E-state index contributed by atoms with van der Waals surface area (Å²) in [6.07, 6.45) is 3.08. The van der Waals surface area contributed by atoms with Crippen molar-refractivity contribution in [3.05, 3.63) is 39.5 Å². The normalized spacial score (nSPS) is 14.5. The van der Waals surface area contributed by atoms with Crippen LogP contribution in [0.4, 0.5) is 0 Å². The molecule has 6 nitrogen and oxygen atoms in total. The van der Waals surface area contributed by atoms with E-state index in [1.807, 2.05) is 32.9 Å². The van der Waals surface area contributed by atoms with Crippen molar-refractivity contribution in [2.45, 2.75) is 45.7 Å². The van der Waals surface area contributed by atoms with Gasteiger partial charge >= 0.3 is 5.69 Å². The molecule has 7 heteroatoms. The predicted molar refractivity (Wildman–Crippen MR) is 92.2 cm³/mol. The molecule has 0 atom stereocenters. The van der Waals surface area contributed by atoms with Crippen LogP contribution in [-0.2, 0) is 18.5 Å². The first-order chi connectivity index (χ1) is 11.4. The van der Waals surface area contributed by atoms with Crippen molar-refractivity contribution in [3.63, 3.8) is 0 Å². The first-order valence-corrected chi connectivity index (χ1v) is 8.47. The Kier molecular flexibility index (Phi) is 4.58. The van der Waals surface area contributed by atoms with Crippen LogP contribution < -0.4 is 15.2 Å². The van der Waals surface area contributed by atoms with E-state index in [0.29, 0.717) is 42.7 Å². The number of benzene rings is 1. The van der Waals surface area contributed by atoms with E-state index in [2.05, 4.69) is 5.10 Å². The molecule has 0 bridgehead atoms. The largest absolute Gasteiger partial charge is 0.489 e. The number of ether oxygens (including phenoxy) is 2. The molecule has 0 spiro atoms. The number of nitrogens with zero attached hydrogens (tertiary/aromatic N) is 3. The van der Waals surface area contributed by atoms with Gasteiger partial charge in [-0.1, -0.05) is 11.6 Å². The summed E-state index contributed by atoms with van der Waals surface area (Å²) in [5, 5.41) is 4.74. The smallest absolute Gasteiger partial charge is 0.346 e. The molecule has 0 saturated heterocycles. The summed E-state index contributed by atoms with van der Waals surface area (Å²) in [5.74, 6) is 1.28. The molecular weight excluding hydrogens is 330 g/mol. The number of aryl methyl sites for hydroxylation is 2. The van der Waals surface area contributed by atoms with Crippen LogP contribution >= 0.6 is 11.6 Å². The van der Waals surface area contributed by atoms with Crippen LogP contribution in [0.25, 0.3) is 0 Å². The van der Waals surface area contributed by atoms with E-state index >= 15 is 0 Å². The van der Waals surface area contributed by atoms with Gasteiger partial charge in [-0.2, -0.15) is 5.10 Å². The maximum absolute atomic E-state index is 12.4. The fourth-order valence-corrected chi connectivity index (χ4v) is 2.91. The maximum Gasteiger partial charge on any atom is 0.346 e. The molecule has 1 aliphatic heterocycles. The minimum atomic E-state index is -0.332. The third-order valence-electron chi connectivity index (χ3n) is 3.87. The molecule has 0 N–H and O–H groups in total. The van der Waals surface area contributed by atoms with Gasteiger partial charge in [0.1, 0.15) is 6.33 Å². The highest BCUT2D eigenvalue weighted by atomic mass is 35.5. The van der Waals surface area contributed by atoms with Crippen LogP contribution in [0.15, 0.2) is 23.3 Å². The summed E-state index contributed by atoms with van der Waals surface area (Å²) in [7, 11) is 0. The number of fused-ring (bicyclic) bond motifs is 1. The van der Waals surface area contributed by atoms with Gasteiger partial charge in [0.25, 0.3) is 0 Å². The fourth-order valence-electron chi connectivity index (χ4n) is 2.63. The average molecular weight is 352 g/mol. The first-order valence-electron chi connectivity index (χ1n) is 8.09. The van der Waals surface area contributed by atoms with E-state index < -0.39 is 0 Å². The second kappa shape index (κ2) is 6.51. The molecule has 0 fully saturated rings. The third-order valence-corrected chi connectivity index (χ3v) is 4.15. The van der Waals surface area contributed by atoms with Gasteiger partial charge in [0.15, 0.2) is 11.5 Å². The van der Waals surface area contributed by atoms with Crippen LogP contribution in [0.1, 0.15) is 32.8 Å². The summed E-state index contributed by atoms with van der Waals surface area (Å²) in [6, 6.07) is 3.81. The van der Waals surface area contributed by atoms with E-state index in [-0.39, 0.29) is 11.2 Å². The highest BCUT2D eigenvalue weighted by Gasteiger charge is 2.19. The highest BCUT2D eigenvalue weighted by Crippen LogP contribution is 2.38. The lowest BCUT2D eigenvalue weighted by Gasteiger charge is -2.16. The predicted octanol–water partition coefficient (Wildman–Crippen LogP) is 2.86. The lowest BCUT2D eigenvalue weighted by atomic mass is 10.1. The van der Waals surface area contributed by atoms with E-state index in [1.54, 1.807) is 10.9 Å². The van der Waals surface area contributed by atoms with Gasteiger partial charge in [-0.05, 0) is 44.9 Å².